The Hall–Kier alpha value is -4.05. The van der Waals surface area contributed by atoms with Crippen LogP contribution in [0.4, 0.5) is 0 Å². The van der Waals surface area contributed by atoms with Gasteiger partial charge in [-0.2, -0.15) is 0 Å². The fraction of sp³-hybridized carbons (Fsp3) is 0.571. The van der Waals surface area contributed by atoms with Crippen LogP contribution >= 0.6 is 0 Å². The summed E-state index contributed by atoms with van der Waals surface area (Å²) in [7, 11) is 0. The van der Waals surface area contributed by atoms with Gasteiger partial charge in [0.2, 0.25) is 23.6 Å². The molecule has 12 N–H and O–H groups in total. The van der Waals surface area contributed by atoms with E-state index < -0.39 is 79.0 Å². The molecule has 1 heterocycles. The molecule has 4 atom stereocenters. The van der Waals surface area contributed by atoms with E-state index in [0.717, 1.165) is 0 Å². The van der Waals surface area contributed by atoms with Crippen molar-refractivity contribution in [2.24, 2.45) is 17.2 Å². The second-order valence-electron chi connectivity index (χ2n) is 8.30. The minimum Gasteiger partial charge on any atom is -0.481 e. The molecule has 1 rings (SSSR count). The van der Waals surface area contributed by atoms with Gasteiger partial charge in [-0.05, 0) is 25.8 Å². The van der Waals surface area contributed by atoms with Crippen molar-refractivity contribution in [2.75, 3.05) is 6.54 Å². The summed E-state index contributed by atoms with van der Waals surface area (Å²) in [6.45, 7) is 0.417. The third-order valence-electron chi connectivity index (χ3n) is 5.22. The molecule has 4 unspecified atom stereocenters. The van der Waals surface area contributed by atoms with Gasteiger partial charge < -0.3 is 48.3 Å². The number of H-pyrrole nitrogens is 1. The third kappa shape index (κ3) is 12.0. The first kappa shape index (κ1) is 31.0. The molecule has 0 aliphatic rings. The number of aromatic amines is 1. The second-order valence-corrected chi connectivity index (χ2v) is 8.30. The molecule has 206 valence electrons. The molecule has 0 spiro atoms. The lowest BCUT2D eigenvalue weighted by atomic mass is 10.1. The summed E-state index contributed by atoms with van der Waals surface area (Å²) in [5, 5.41) is 25.1. The highest BCUT2D eigenvalue weighted by molar-refractivity contribution is 5.96. The number of imidazole rings is 1. The Morgan fingerprint density at radius 3 is 2.08 bits per heavy atom. The Morgan fingerprint density at radius 2 is 1.54 bits per heavy atom. The van der Waals surface area contributed by atoms with E-state index in [0.29, 0.717) is 25.1 Å². The summed E-state index contributed by atoms with van der Waals surface area (Å²) in [6.07, 6.45) is 2.50. The van der Waals surface area contributed by atoms with E-state index in [2.05, 4.69) is 25.9 Å². The van der Waals surface area contributed by atoms with Crippen molar-refractivity contribution in [3.8, 4) is 0 Å². The maximum absolute atomic E-state index is 13.0. The normalized spacial score (nSPS) is 14.0. The van der Waals surface area contributed by atoms with Gasteiger partial charge in [0.15, 0.2) is 0 Å². The molecule has 37 heavy (non-hydrogen) atoms. The van der Waals surface area contributed by atoms with Gasteiger partial charge in [-0.1, -0.05) is 6.42 Å². The van der Waals surface area contributed by atoms with Gasteiger partial charge in [0.25, 0.3) is 0 Å². The number of carbonyl (C=O) groups excluding carboxylic acids is 4. The number of aromatic nitrogens is 2. The maximum atomic E-state index is 13.0. The highest BCUT2D eigenvalue weighted by atomic mass is 16.4. The molecule has 0 aliphatic carbocycles. The molecular weight excluding hydrogens is 492 g/mol. The number of unbranched alkanes of at least 4 members (excludes halogenated alkanes) is 1. The van der Waals surface area contributed by atoms with E-state index in [1.54, 1.807) is 0 Å². The Labute approximate surface area is 212 Å². The second kappa shape index (κ2) is 15.8. The Kier molecular flexibility index (Phi) is 13.3. The SMILES string of the molecule is NCCCCC(N)C(=O)NC(CC(N)=O)C(=O)NC(Cc1cnc[nH]1)C(=O)NC(CCC(=O)O)C(=O)O. The summed E-state index contributed by atoms with van der Waals surface area (Å²) in [6, 6.07) is -5.38. The van der Waals surface area contributed by atoms with Crippen molar-refractivity contribution in [3.05, 3.63) is 18.2 Å². The molecule has 4 amide bonds. The van der Waals surface area contributed by atoms with Crippen molar-refractivity contribution in [2.45, 2.75) is 69.1 Å². The quantitative estimate of drug-likeness (QED) is 0.0853. The Morgan fingerprint density at radius 1 is 0.919 bits per heavy atom. The lowest BCUT2D eigenvalue weighted by Crippen LogP contribution is -2.58. The molecule has 0 aromatic carbocycles. The first-order valence-electron chi connectivity index (χ1n) is 11.5. The molecule has 16 heteroatoms. The number of rotatable bonds is 18. The number of hydrogen-bond donors (Lipinski definition) is 9. The van der Waals surface area contributed by atoms with Crippen LogP contribution in [0.3, 0.4) is 0 Å². The lowest BCUT2D eigenvalue weighted by molar-refractivity contribution is -0.143. The van der Waals surface area contributed by atoms with E-state index in [1.165, 1.54) is 12.5 Å². The van der Waals surface area contributed by atoms with Crippen molar-refractivity contribution in [1.29, 1.82) is 0 Å². The van der Waals surface area contributed by atoms with Gasteiger partial charge in [-0.15, -0.1) is 0 Å². The largest absolute Gasteiger partial charge is 0.481 e. The van der Waals surface area contributed by atoms with Crippen LogP contribution in [0.2, 0.25) is 0 Å². The number of primary amides is 1. The van der Waals surface area contributed by atoms with Gasteiger partial charge in [0, 0.05) is 24.7 Å². The van der Waals surface area contributed by atoms with Crippen molar-refractivity contribution < 1.29 is 39.0 Å². The van der Waals surface area contributed by atoms with Crippen LogP contribution in [-0.4, -0.2) is 86.5 Å². The fourth-order valence-corrected chi connectivity index (χ4v) is 3.22. The molecule has 0 bridgehead atoms. The Bertz CT molecular complexity index is 939. The van der Waals surface area contributed by atoms with E-state index in [9.17, 15) is 33.9 Å². The summed E-state index contributed by atoms with van der Waals surface area (Å²) in [5.74, 6) is -6.24. The topological polar surface area (TPSA) is 286 Å². The molecule has 1 aromatic heterocycles. The van der Waals surface area contributed by atoms with Gasteiger partial charge in [-0.3, -0.25) is 24.0 Å². The number of carboxylic acids is 2. The minimum absolute atomic E-state index is 0.168. The smallest absolute Gasteiger partial charge is 0.326 e. The van der Waals surface area contributed by atoms with E-state index in [1.807, 2.05) is 0 Å². The number of aliphatic carboxylic acids is 2. The minimum atomic E-state index is -1.54. The third-order valence-corrected chi connectivity index (χ3v) is 5.22. The molecule has 0 saturated heterocycles. The van der Waals surface area contributed by atoms with E-state index in [-0.39, 0.29) is 12.8 Å². The van der Waals surface area contributed by atoms with Crippen LogP contribution in [0.15, 0.2) is 12.5 Å². The average Bonchev–Trinajstić information content (AvgIpc) is 3.33. The number of carboxylic acid groups (broad SMARTS) is 2. The summed E-state index contributed by atoms with van der Waals surface area (Å²) < 4.78 is 0. The number of amides is 4. The molecule has 1 aromatic rings. The van der Waals surface area contributed by atoms with E-state index >= 15 is 0 Å². The zero-order valence-electron chi connectivity index (χ0n) is 20.1. The standard InChI is InChI=1S/C21H34N8O8/c22-6-2-1-3-12(23)18(33)28-15(8-16(24)30)20(35)29-14(7-11-9-25-10-26-11)19(34)27-13(21(36)37)4-5-17(31)32/h9-10,12-15H,1-8,22-23H2,(H2,24,30)(H,25,26)(H,27,34)(H,28,33)(H,29,35)(H,31,32)(H,36,37). The number of nitrogens with one attached hydrogen (secondary N) is 4. The molecule has 16 nitrogen and oxygen atoms in total. The number of hydrogen-bond acceptors (Lipinski definition) is 9. The zero-order valence-corrected chi connectivity index (χ0v) is 20.1. The van der Waals surface area contributed by atoms with Crippen LogP contribution in [0.25, 0.3) is 0 Å². The van der Waals surface area contributed by atoms with Gasteiger partial charge >= 0.3 is 11.9 Å². The molecule has 0 aliphatic heterocycles. The summed E-state index contributed by atoms with van der Waals surface area (Å²) >= 11 is 0. The molecule has 0 fully saturated rings. The fourth-order valence-electron chi connectivity index (χ4n) is 3.22. The molecule has 0 saturated carbocycles. The first-order valence-corrected chi connectivity index (χ1v) is 11.5. The number of nitrogens with zero attached hydrogens (tertiary/aromatic N) is 1. The van der Waals surface area contributed by atoms with Crippen molar-refractivity contribution in [3.63, 3.8) is 0 Å². The number of nitrogens with two attached hydrogens (primary N) is 3. The monoisotopic (exact) mass is 526 g/mol. The predicted molar refractivity (Wildman–Crippen MR) is 127 cm³/mol. The zero-order chi connectivity index (χ0) is 28.0. The Balaban J connectivity index is 3.02. The van der Waals surface area contributed by atoms with Gasteiger partial charge in [0.1, 0.15) is 18.1 Å². The molecule has 0 radical (unpaired) electrons. The number of carbonyl (C=O) groups is 6. The van der Waals surface area contributed by atoms with Crippen LogP contribution < -0.4 is 33.2 Å². The maximum Gasteiger partial charge on any atom is 0.326 e. The van der Waals surface area contributed by atoms with E-state index in [4.69, 9.17) is 22.3 Å². The van der Waals surface area contributed by atoms with Crippen LogP contribution in [0.1, 0.15) is 44.2 Å². The van der Waals surface area contributed by atoms with Crippen LogP contribution in [0, 0.1) is 0 Å². The van der Waals surface area contributed by atoms with Crippen LogP contribution in [0.5, 0.6) is 0 Å². The predicted octanol–water partition coefficient (Wildman–Crippen LogP) is -3.31. The highest BCUT2D eigenvalue weighted by Crippen LogP contribution is 2.05. The van der Waals surface area contributed by atoms with Crippen molar-refractivity contribution >= 4 is 35.6 Å². The summed E-state index contributed by atoms with van der Waals surface area (Å²) in [5.41, 5.74) is 16.9. The molecular formula is C21H34N8O8. The van der Waals surface area contributed by atoms with Crippen LogP contribution in [-0.2, 0) is 35.2 Å². The van der Waals surface area contributed by atoms with Gasteiger partial charge in [-0.25, -0.2) is 9.78 Å². The first-order chi connectivity index (χ1) is 17.4. The van der Waals surface area contributed by atoms with Crippen molar-refractivity contribution in [1.82, 2.24) is 25.9 Å². The highest BCUT2D eigenvalue weighted by Gasteiger charge is 2.31. The van der Waals surface area contributed by atoms with Gasteiger partial charge in [0.05, 0.1) is 18.8 Å². The average molecular weight is 527 g/mol. The summed E-state index contributed by atoms with van der Waals surface area (Å²) in [4.78, 5) is 78.7. The lowest BCUT2D eigenvalue weighted by Gasteiger charge is -2.24.